The van der Waals surface area contributed by atoms with Crippen LogP contribution in [0.15, 0.2) is 4.60 Å². The average molecular weight is 309 g/mol. The maximum absolute atomic E-state index is 10.8. The second-order valence-electron chi connectivity index (χ2n) is 2.95. The monoisotopic (exact) mass is 307 g/mol. The fourth-order valence-corrected chi connectivity index (χ4v) is 1.92. The summed E-state index contributed by atoms with van der Waals surface area (Å²) < 4.78 is 0.186. The number of anilines is 1. The van der Waals surface area contributed by atoms with E-state index >= 15 is 0 Å². The van der Waals surface area contributed by atoms with Crippen LogP contribution >= 0.6 is 27.5 Å². The predicted octanol–water partition coefficient (Wildman–Crippen LogP) is 2.44. The number of aromatic carboxylic acids is 1. The van der Waals surface area contributed by atoms with E-state index in [1.165, 1.54) is 0 Å². The molecular weight excluding hydrogens is 297 g/mol. The molecule has 0 bridgehead atoms. The topological polar surface area (TPSA) is 66.3 Å². The van der Waals surface area contributed by atoms with Gasteiger partial charge in [-0.25, -0.2) is 14.8 Å². The molecule has 0 aromatic carbocycles. The van der Waals surface area contributed by atoms with E-state index in [9.17, 15) is 4.79 Å². The van der Waals surface area contributed by atoms with Gasteiger partial charge in [0.1, 0.15) is 4.60 Å². The number of hydrogen-bond acceptors (Lipinski definition) is 4. The molecule has 1 N–H and O–H groups in total. The predicted molar refractivity (Wildman–Crippen MR) is 65.3 cm³/mol. The second kappa shape index (κ2) is 5.45. The van der Waals surface area contributed by atoms with Crippen molar-refractivity contribution >= 4 is 39.3 Å². The normalized spacial score (nSPS) is 10.2. The molecule has 5 nitrogen and oxygen atoms in total. The van der Waals surface area contributed by atoms with E-state index in [2.05, 4.69) is 25.9 Å². The van der Waals surface area contributed by atoms with E-state index in [-0.39, 0.29) is 15.5 Å². The minimum Gasteiger partial charge on any atom is -0.476 e. The van der Waals surface area contributed by atoms with Crippen molar-refractivity contribution in [3.05, 3.63) is 15.5 Å². The number of rotatable bonds is 4. The summed E-state index contributed by atoms with van der Waals surface area (Å²) >= 11 is 8.97. The highest BCUT2D eigenvalue weighted by molar-refractivity contribution is 9.10. The molecule has 0 atom stereocenters. The van der Waals surface area contributed by atoms with Gasteiger partial charge in [-0.1, -0.05) is 11.6 Å². The summed E-state index contributed by atoms with van der Waals surface area (Å²) in [5.41, 5.74) is -0.180. The van der Waals surface area contributed by atoms with E-state index in [0.29, 0.717) is 5.82 Å². The highest BCUT2D eigenvalue weighted by atomic mass is 79.9. The molecule has 0 aliphatic rings. The molecule has 0 amide bonds. The zero-order chi connectivity index (χ0) is 12.3. The van der Waals surface area contributed by atoms with Crippen molar-refractivity contribution in [2.75, 3.05) is 18.0 Å². The Bertz CT molecular complexity index is 410. The standard InChI is InChI=1S/C9H11BrClN3O2/c1-3-14(4-2)8-7(11)12-5(9(15)16)6(10)13-8/h3-4H2,1-2H3,(H,15,16). The molecule has 0 saturated heterocycles. The first kappa shape index (κ1) is 13.2. The lowest BCUT2D eigenvalue weighted by atomic mass is 10.4. The highest BCUT2D eigenvalue weighted by Crippen LogP contribution is 2.25. The van der Waals surface area contributed by atoms with Crippen LogP contribution in [0.4, 0.5) is 5.82 Å². The van der Waals surface area contributed by atoms with Gasteiger partial charge in [-0.15, -0.1) is 0 Å². The van der Waals surface area contributed by atoms with Crippen molar-refractivity contribution in [2.45, 2.75) is 13.8 Å². The third-order valence-electron chi connectivity index (χ3n) is 2.06. The van der Waals surface area contributed by atoms with Crippen molar-refractivity contribution in [3.8, 4) is 0 Å². The van der Waals surface area contributed by atoms with Crippen LogP contribution in [0.25, 0.3) is 0 Å². The molecule has 1 heterocycles. The van der Waals surface area contributed by atoms with E-state index in [4.69, 9.17) is 16.7 Å². The number of halogens is 2. The van der Waals surface area contributed by atoms with Crippen molar-refractivity contribution in [3.63, 3.8) is 0 Å². The summed E-state index contributed by atoms with van der Waals surface area (Å²) in [5, 5.41) is 8.93. The van der Waals surface area contributed by atoms with Gasteiger partial charge < -0.3 is 10.0 Å². The maximum atomic E-state index is 10.8. The molecule has 0 aliphatic carbocycles. The van der Waals surface area contributed by atoms with Gasteiger partial charge in [-0.2, -0.15) is 0 Å². The third kappa shape index (κ3) is 2.62. The quantitative estimate of drug-likeness (QED) is 0.925. The summed E-state index contributed by atoms with van der Waals surface area (Å²) in [7, 11) is 0. The lowest BCUT2D eigenvalue weighted by Gasteiger charge is -2.20. The van der Waals surface area contributed by atoms with Gasteiger partial charge in [-0.05, 0) is 29.8 Å². The minimum atomic E-state index is -1.16. The molecule has 0 aliphatic heterocycles. The van der Waals surface area contributed by atoms with Gasteiger partial charge in [0.25, 0.3) is 0 Å². The van der Waals surface area contributed by atoms with Crippen LogP contribution in [0.1, 0.15) is 24.3 Å². The van der Waals surface area contributed by atoms with Crippen molar-refractivity contribution in [1.82, 2.24) is 9.97 Å². The molecule has 0 radical (unpaired) electrons. The summed E-state index contributed by atoms with van der Waals surface area (Å²) in [5.74, 6) is -0.670. The lowest BCUT2D eigenvalue weighted by molar-refractivity contribution is 0.0689. The summed E-state index contributed by atoms with van der Waals surface area (Å²) in [6, 6.07) is 0. The van der Waals surface area contributed by atoms with Gasteiger partial charge in [-0.3, -0.25) is 0 Å². The molecule has 1 aromatic heterocycles. The van der Waals surface area contributed by atoms with Crippen LogP contribution in [-0.2, 0) is 0 Å². The van der Waals surface area contributed by atoms with Gasteiger partial charge in [0, 0.05) is 13.1 Å². The Hall–Kier alpha value is -0.880. The lowest BCUT2D eigenvalue weighted by Crippen LogP contribution is -2.24. The zero-order valence-electron chi connectivity index (χ0n) is 8.87. The third-order valence-corrected chi connectivity index (χ3v) is 2.87. The molecule has 0 fully saturated rings. The SMILES string of the molecule is CCN(CC)c1nc(Br)c(C(=O)O)nc1Cl. The van der Waals surface area contributed by atoms with Gasteiger partial charge in [0.15, 0.2) is 16.7 Å². The molecule has 0 saturated carbocycles. The first-order valence-electron chi connectivity index (χ1n) is 4.72. The molecule has 1 rings (SSSR count). The number of carboxylic acids is 1. The molecule has 7 heteroatoms. The van der Waals surface area contributed by atoms with Crippen LogP contribution in [0.3, 0.4) is 0 Å². The maximum Gasteiger partial charge on any atom is 0.357 e. The summed E-state index contributed by atoms with van der Waals surface area (Å²) in [6.45, 7) is 5.37. The average Bonchev–Trinajstić information content (AvgIpc) is 2.23. The number of carboxylic acid groups (broad SMARTS) is 1. The Kier molecular flexibility index (Phi) is 4.49. The molecule has 1 aromatic rings. The molecule has 16 heavy (non-hydrogen) atoms. The highest BCUT2D eigenvalue weighted by Gasteiger charge is 2.18. The summed E-state index contributed by atoms with van der Waals surface area (Å²) in [4.78, 5) is 20.6. The van der Waals surface area contributed by atoms with E-state index in [0.717, 1.165) is 13.1 Å². The number of hydrogen-bond donors (Lipinski definition) is 1. The van der Waals surface area contributed by atoms with Gasteiger partial charge in [0.2, 0.25) is 0 Å². The Labute approximate surface area is 107 Å². The first-order valence-corrected chi connectivity index (χ1v) is 5.89. The molecule has 0 spiro atoms. The molecular formula is C9H11BrClN3O2. The van der Waals surface area contributed by atoms with Crippen molar-refractivity contribution < 1.29 is 9.90 Å². The van der Waals surface area contributed by atoms with Crippen molar-refractivity contribution in [1.29, 1.82) is 0 Å². The fraction of sp³-hybridized carbons (Fsp3) is 0.444. The second-order valence-corrected chi connectivity index (χ2v) is 4.06. The number of aromatic nitrogens is 2. The zero-order valence-corrected chi connectivity index (χ0v) is 11.2. The number of nitrogens with zero attached hydrogens (tertiary/aromatic N) is 3. The Morgan fingerprint density at radius 3 is 2.44 bits per heavy atom. The Morgan fingerprint density at radius 2 is 2.00 bits per heavy atom. The van der Waals surface area contributed by atoms with E-state index < -0.39 is 5.97 Å². The Morgan fingerprint density at radius 1 is 1.44 bits per heavy atom. The van der Waals surface area contributed by atoms with Crippen LogP contribution in [0, 0.1) is 0 Å². The van der Waals surface area contributed by atoms with Crippen LogP contribution in [0.5, 0.6) is 0 Å². The first-order chi connectivity index (χ1) is 7.51. The van der Waals surface area contributed by atoms with Gasteiger partial charge in [0.05, 0.1) is 0 Å². The fourth-order valence-electron chi connectivity index (χ4n) is 1.25. The minimum absolute atomic E-state index is 0.101. The Balaban J connectivity index is 3.24. The summed E-state index contributed by atoms with van der Waals surface area (Å²) in [6.07, 6.45) is 0. The van der Waals surface area contributed by atoms with Crippen molar-refractivity contribution in [2.24, 2.45) is 0 Å². The molecule has 0 unspecified atom stereocenters. The van der Waals surface area contributed by atoms with Crippen LogP contribution in [0.2, 0.25) is 5.15 Å². The number of carbonyl (C=O) groups is 1. The molecule has 88 valence electrons. The van der Waals surface area contributed by atoms with E-state index in [1.54, 1.807) is 0 Å². The largest absolute Gasteiger partial charge is 0.476 e. The van der Waals surface area contributed by atoms with Crippen LogP contribution in [-0.4, -0.2) is 34.1 Å². The van der Waals surface area contributed by atoms with Crippen LogP contribution < -0.4 is 4.90 Å². The van der Waals surface area contributed by atoms with E-state index in [1.807, 2.05) is 18.7 Å². The van der Waals surface area contributed by atoms with Gasteiger partial charge >= 0.3 is 5.97 Å². The smallest absolute Gasteiger partial charge is 0.357 e.